The van der Waals surface area contributed by atoms with Gasteiger partial charge in [0.05, 0.1) is 23.7 Å². The Morgan fingerprint density at radius 2 is 0.833 bits per heavy atom. The molecule has 0 amide bonds. The molecular weight excluding hydrogens is 193 g/mol. The summed E-state index contributed by atoms with van der Waals surface area (Å²) in [5.74, 6) is 0. The van der Waals surface area contributed by atoms with Crippen LogP contribution in [0.3, 0.4) is 0 Å². The molecule has 0 bridgehead atoms. The van der Waals surface area contributed by atoms with E-state index in [1.54, 1.807) is 0 Å². The van der Waals surface area contributed by atoms with Crippen LogP contribution in [0.15, 0.2) is 0 Å². The van der Waals surface area contributed by atoms with Gasteiger partial charge in [0, 0.05) is 0 Å². The molecule has 44 valence electrons. The van der Waals surface area contributed by atoms with Gasteiger partial charge in [-0.2, -0.15) is 3.84 Å². The molecule has 0 saturated carbocycles. The van der Waals surface area contributed by atoms with E-state index < -0.39 is 0 Å². The van der Waals surface area contributed by atoms with Gasteiger partial charge in [-0.3, -0.25) is 0 Å². The van der Waals surface area contributed by atoms with E-state index in [0.29, 0.717) is 0 Å². The van der Waals surface area contributed by atoms with Crippen LogP contribution in [0.5, 0.6) is 0 Å². The summed E-state index contributed by atoms with van der Waals surface area (Å²) in [6.07, 6.45) is 0. The Labute approximate surface area is 64.9 Å². The van der Waals surface area contributed by atoms with Crippen LogP contribution in [0.4, 0.5) is 0 Å². The Bertz CT molecular complexity index is 3.90. The topological polar surface area (TPSA) is 9.23 Å². The van der Waals surface area contributed by atoms with E-state index in [2.05, 4.69) is 27.6 Å². The third kappa shape index (κ3) is 52.9. The average Bonchev–Trinajstić information content (AvgIpc) is 0.918. The molecule has 0 unspecified atom stereocenters. The van der Waals surface area contributed by atoms with E-state index in [9.17, 15) is 0 Å². The van der Waals surface area contributed by atoms with Crippen molar-refractivity contribution in [3.8, 4) is 0 Å². The lowest BCUT2D eigenvalue weighted by Gasteiger charge is -1.46. The van der Waals surface area contributed by atoms with E-state index in [0.717, 1.165) is 0 Å². The first-order valence-electron chi connectivity index (χ1n) is 0.309. The molecule has 1 nitrogen and oxygen atoms in total. The van der Waals surface area contributed by atoms with Crippen LogP contribution >= 0.6 is 61.0 Å². The van der Waals surface area contributed by atoms with Crippen molar-refractivity contribution < 1.29 is 3.84 Å². The predicted octanol–water partition coefficient (Wildman–Crippen LogP) is 2.58. The Morgan fingerprint density at radius 1 is 0.833 bits per heavy atom. The van der Waals surface area contributed by atoms with Crippen LogP contribution in [0, 0.1) is 0 Å². The molecular formula is H3Cl5O. The van der Waals surface area contributed by atoms with Gasteiger partial charge in [0.15, 0.2) is 0 Å². The molecule has 0 aliphatic rings. The van der Waals surface area contributed by atoms with E-state index in [-0.39, 0.29) is 37.2 Å². The highest BCUT2D eigenvalue weighted by molar-refractivity contribution is 6.24. The molecule has 0 rings (SSSR count). The minimum absolute atomic E-state index is 0. The summed E-state index contributed by atoms with van der Waals surface area (Å²) in [7, 11) is 0. The standard InChI is InChI=1S/Cl2O.3ClH/c1-3-2;;;/h;3*1H. The summed E-state index contributed by atoms with van der Waals surface area (Å²) in [4.78, 5) is 0. The lowest BCUT2D eigenvalue weighted by Crippen LogP contribution is -1.15. The first kappa shape index (κ1) is 26.2. The Balaban J connectivity index is -0.00000000667. The highest BCUT2D eigenvalue weighted by Gasteiger charge is 1.38. The van der Waals surface area contributed by atoms with Gasteiger partial charge in [-0.25, -0.2) is 0 Å². The second-order valence-corrected chi connectivity index (χ2v) is 0.525. The SMILES string of the molecule is Cl.Cl.Cl.ClOCl. The van der Waals surface area contributed by atoms with E-state index in [1.165, 1.54) is 0 Å². The summed E-state index contributed by atoms with van der Waals surface area (Å²) in [5, 5.41) is 0. The van der Waals surface area contributed by atoms with Gasteiger partial charge in [0.2, 0.25) is 0 Å². The quantitative estimate of drug-likeness (QED) is 0.578. The summed E-state index contributed by atoms with van der Waals surface area (Å²) in [5.41, 5.74) is 0. The van der Waals surface area contributed by atoms with Crippen molar-refractivity contribution in [3.05, 3.63) is 0 Å². The maximum Gasteiger partial charge on any atom is 0.0832 e. The molecule has 6 heavy (non-hydrogen) atoms. The molecule has 0 heterocycles. The maximum atomic E-state index is 4.26. The lowest BCUT2D eigenvalue weighted by molar-refractivity contribution is 0.697. The summed E-state index contributed by atoms with van der Waals surface area (Å²) >= 11 is 8.53. The molecule has 0 spiro atoms. The molecule has 0 aromatic heterocycles. The van der Waals surface area contributed by atoms with Crippen LogP contribution in [-0.4, -0.2) is 0 Å². The third-order valence-electron chi connectivity index (χ3n) is 0. The van der Waals surface area contributed by atoms with Crippen LogP contribution in [-0.2, 0) is 3.84 Å². The minimum atomic E-state index is 0. The summed E-state index contributed by atoms with van der Waals surface area (Å²) in [6.45, 7) is 0. The normalized spacial score (nSPS) is 3.00. The van der Waals surface area contributed by atoms with Crippen molar-refractivity contribution in [1.82, 2.24) is 0 Å². The largest absolute Gasteiger partial charge is 0.166 e. The number of halogens is 5. The fourth-order valence-electron chi connectivity index (χ4n) is 0. The fraction of sp³-hybridized carbons (Fsp3) is 0. The van der Waals surface area contributed by atoms with Gasteiger partial charge in [-0.1, -0.05) is 0 Å². The van der Waals surface area contributed by atoms with Crippen molar-refractivity contribution in [1.29, 1.82) is 0 Å². The van der Waals surface area contributed by atoms with Gasteiger partial charge in [-0.05, 0) is 0 Å². The average molecular weight is 196 g/mol. The first-order valence-corrected chi connectivity index (χ1v) is 0.926. The molecule has 0 aliphatic carbocycles. The maximum absolute atomic E-state index is 4.26. The zero-order valence-corrected chi connectivity index (χ0v) is 6.35. The Kier molecular flexibility index (Phi) is 141. The van der Waals surface area contributed by atoms with Crippen LogP contribution < -0.4 is 0 Å². The Hall–Kier alpha value is 1.41. The molecule has 0 radical (unpaired) electrons. The molecule has 6 heteroatoms. The predicted molar refractivity (Wildman–Crippen MR) is 34.5 cm³/mol. The van der Waals surface area contributed by atoms with Gasteiger partial charge in [0.25, 0.3) is 0 Å². The fourth-order valence-corrected chi connectivity index (χ4v) is 0. The molecule has 0 atom stereocenters. The minimum Gasteiger partial charge on any atom is -0.166 e. The summed E-state index contributed by atoms with van der Waals surface area (Å²) in [6, 6.07) is 0. The van der Waals surface area contributed by atoms with Crippen molar-refractivity contribution in [2.75, 3.05) is 0 Å². The van der Waals surface area contributed by atoms with E-state index in [1.807, 2.05) is 0 Å². The lowest BCUT2D eigenvalue weighted by atomic mass is 15.9. The van der Waals surface area contributed by atoms with E-state index in [4.69, 9.17) is 0 Å². The van der Waals surface area contributed by atoms with Crippen molar-refractivity contribution in [3.63, 3.8) is 0 Å². The molecule has 0 aromatic rings. The molecule has 0 aliphatic heterocycles. The summed E-state index contributed by atoms with van der Waals surface area (Å²) < 4.78 is 3.19. The van der Waals surface area contributed by atoms with Crippen LogP contribution in [0.2, 0.25) is 0 Å². The second kappa shape index (κ2) is 32.3. The molecule has 0 N–H and O–H groups in total. The monoisotopic (exact) mass is 194 g/mol. The third-order valence-corrected chi connectivity index (χ3v) is 0. The molecule has 0 saturated heterocycles. The smallest absolute Gasteiger partial charge is 0.0832 e. The van der Waals surface area contributed by atoms with Crippen molar-refractivity contribution in [2.45, 2.75) is 0 Å². The Morgan fingerprint density at radius 3 is 0.833 bits per heavy atom. The molecule has 0 aromatic carbocycles. The first-order chi connectivity index (χ1) is 1.41. The van der Waals surface area contributed by atoms with Gasteiger partial charge < -0.3 is 0 Å². The number of rotatable bonds is 0. The highest BCUT2D eigenvalue weighted by Crippen LogP contribution is 1.78. The zero-order valence-electron chi connectivity index (χ0n) is 2.39. The number of hydrogen-bond donors (Lipinski definition) is 0. The van der Waals surface area contributed by atoms with Crippen molar-refractivity contribution >= 4 is 61.0 Å². The van der Waals surface area contributed by atoms with Crippen LogP contribution in [0.25, 0.3) is 0 Å². The van der Waals surface area contributed by atoms with Crippen LogP contribution in [0.1, 0.15) is 0 Å². The van der Waals surface area contributed by atoms with Crippen molar-refractivity contribution in [2.24, 2.45) is 0 Å². The van der Waals surface area contributed by atoms with Gasteiger partial charge in [-0.15, -0.1) is 37.2 Å². The van der Waals surface area contributed by atoms with Gasteiger partial charge >= 0.3 is 0 Å². The number of hydrogen-bond acceptors (Lipinski definition) is 1. The molecule has 0 fully saturated rings. The highest BCUT2D eigenvalue weighted by atomic mass is 35.6. The van der Waals surface area contributed by atoms with Gasteiger partial charge in [0.1, 0.15) is 0 Å². The van der Waals surface area contributed by atoms with E-state index >= 15 is 0 Å². The zero-order chi connectivity index (χ0) is 2.71. The second-order valence-electron chi connectivity index (χ2n) is 0.0583.